The fraction of sp³-hybridized carbons (Fsp3) is 1.00. The third-order valence-electron chi connectivity index (χ3n) is 9.10. The zero-order valence-electron chi connectivity index (χ0n) is 30.5. The molecule has 0 N–H and O–H groups in total. The smallest absolute Gasteiger partial charge is 0.183 e. The van der Waals surface area contributed by atoms with Crippen molar-refractivity contribution >= 4 is 24.7 Å². The second kappa shape index (κ2) is 21.3. The lowest BCUT2D eigenvalue weighted by Gasteiger charge is -2.37. The molecule has 1 aliphatic rings. The molecule has 0 aromatic carbocycles. The summed E-state index contributed by atoms with van der Waals surface area (Å²) < 4.78 is 23.9. The van der Waals surface area contributed by atoms with E-state index in [2.05, 4.69) is 72.8 Å². The van der Waals surface area contributed by atoms with Gasteiger partial charge in [0.1, 0.15) is 6.10 Å². The highest BCUT2D eigenvalue weighted by Crippen LogP contribution is 2.38. The van der Waals surface area contributed by atoms with Crippen LogP contribution in [0.4, 0.5) is 0 Å². The summed E-state index contributed by atoms with van der Waals surface area (Å²) in [6.45, 7) is 31.0. The fourth-order valence-electron chi connectivity index (χ4n) is 6.35. The molecule has 0 aromatic heterocycles. The zero-order chi connectivity index (χ0) is 31.7. The van der Waals surface area contributed by atoms with Crippen molar-refractivity contribution in [1.82, 2.24) is 0 Å². The minimum absolute atomic E-state index is 0.376. The molecule has 1 fully saturated rings. The van der Waals surface area contributed by atoms with Crippen LogP contribution in [-0.4, -0.2) is 63.8 Å². The quantitative estimate of drug-likeness (QED) is 0.0483. The molecule has 7 heteroatoms. The van der Waals surface area contributed by atoms with E-state index in [-0.39, 0.29) is 0 Å². The van der Waals surface area contributed by atoms with E-state index in [1.54, 1.807) is 0 Å². The summed E-state index contributed by atoms with van der Waals surface area (Å²) in [5.41, 5.74) is 0.903. The van der Waals surface area contributed by atoms with Gasteiger partial charge in [0.15, 0.2) is 16.6 Å². The van der Waals surface area contributed by atoms with Crippen molar-refractivity contribution in [3.8, 4) is 0 Å². The molecule has 0 radical (unpaired) electrons. The van der Waals surface area contributed by atoms with Crippen molar-refractivity contribution in [3.05, 3.63) is 0 Å². The van der Waals surface area contributed by atoms with Crippen LogP contribution in [-0.2, 0) is 18.3 Å². The summed E-state index contributed by atoms with van der Waals surface area (Å²) in [5, 5.41) is 0. The maximum atomic E-state index is 6.45. The molecule has 4 nitrogen and oxygen atoms in total. The summed E-state index contributed by atoms with van der Waals surface area (Å²) >= 11 is 0. The molecular formula is C35H76O4Si3. The zero-order valence-corrected chi connectivity index (χ0v) is 33.5. The Morgan fingerprint density at radius 2 is 1.14 bits per heavy atom. The number of hydrogen-bond acceptors (Lipinski definition) is 4. The lowest BCUT2D eigenvalue weighted by atomic mass is 9.86. The summed E-state index contributed by atoms with van der Waals surface area (Å²) in [7, 11) is -4.12. The molecule has 1 saturated heterocycles. The lowest BCUT2D eigenvalue weighted by Crippen LogP contribution is -2.38. The molecule has 42 heavy (non-hydrogen) atoms. The molecular weight excluding hydrogens is 569 g/mol. The first-order valence-corrected chi connectivity index (χ1v) is 28.5. The Hall–Kier alpha value is 0.491. The van der Waals surface area contributed by atoms with Crippen LogP contribution in [0.2, 0.25) is 64.5 Å². The van der Waals surface area contributed by atoms with Gasteiger partial charge in [-0.2, -0.15) is 0 Å². The van der Waals surface area contributed by atoms with Crippen molar-refractivity contribution in [1.29, 1.82) is 0 Å². The number of rotatable bonds is 28. The lowest BCUT2D eigenvalue weighted by molar-refractivity contribution is 0.101. The first-order chi connectivity index (χ1) is 19.6. The average molecular weight is 645 g/mol. The molecule has 0 aromatic rings. The van der Waals surface area contributed by atoms with E-state index in [0.29, 0.717) is 12.0 Å². The Labute approximate surface area is 267 Å². The maximum absolute atomic E-state index is 6.45. The summed E-state index contributed by atoms with van der Waals surface area (Å²) in [4.78, 5) is 0. The Morgan fingerprint density at radius 3 is 1.62 bits per heavy atom. The first kappa shape index (κ1) is 40.5. The molecule has 5 unspecified atom stereocenters. The van der Waals surface area contributed by atoms with Crippen LogP contribution in [0.1, 0.15) is 104 Å². The second-order valence-corrected chi connectivity index (χ2v) is 31.2. The normalized spacial score (nSPS) is 19.1. The number of epoxide rings is 1. The molecule has 0 amide bonds. The minimum atomic E-state index is -1.48. The van der Waals surface area contributed by atoms with Crippen LogP contribution < -0.4 is 0 Å². The Balaban J connectivity index is 2.25. The van der Waals surface area contributed by atoms with Crippen molar-refractivity contribution in [2.24, 2.45) is 17.8 Å². The largest absolute Gasteiger partial charge is 0.417 e. The second-order valence-electron chi connectivity index (χ2n) is 16.7. The first-order valence-electron chi connectivity index (χ1n) is 18.1. The topological polar surface area (TPSA) is 40.2 Å². The number of unbranched alkanes of at least 4 members (excludes halogenated alkanes) is 7. The highest BCUT2D eigenvalue weighted by molar-refractivity contribution is 6.77. The van der Waals surface area contributed by atoms with E-state index >= 15 is 0 Å². The van der Waals surface area contributed by atoms with Crippen molar-refractivity contribution in [2.45, 2.75) is 174 Å². The van der Waals surface area contributed by atoms with Crippen molar-refractivity contribution in [2.75, 3.05) is 33.0 Å². The van der Waals surface area contributed by atoms with Gasteiger partial charge < -0.3 is 18.3 Å². The monoisotopic (exact) mass is 645 g/mol. The molecule has 1 rings (SSSR count). The van der Waals surface area contributed by atoms with E-state index in [1.807, 2.05) is 0 Å². The highest BCUT2D eigenvalue weighted by Gasteiger charge is 2.33. The predicted octanol–water partition coefficient (Wildman–Crippen LogP) is 11.2. The third kappa shape index (κ3) is 22.1. The van der Waals surface area contributed by atoms with Gasteiger partial charge in [-0.05, 0) is 81.8 Å². The van der Waals surface area contributed by atoms with Gasteiger partial charge >= 0.3 is 0 Å². The van der Waals surface area contributed by atoms with E-state index in [1.165, 1.54) is 83.5 Å². The average Bonchev–Trinajstić information content (AvgIpc) is 3.69. The van der Waals surface area contributed by atoms with Crippen LogP contribution in [0.15, 0.2) is 0 Å². The van der Waals surface area contributed by atoms with Gasteiger partial charge in [-0.15, -0.1) is 0 Å². The number of hydrogen-bond donors (Lipinski definition) is 0. The number of ether oxygens (including phenoxy) is 2. The Kier molecular flexibility index (Phi) is 20.6. The van der Waals surface area contributed by atoms with Gasteiger partial charge in [0.05, 0.1) is 13.2 Å². The van der Waals surface area contributed by atoms with Crippen LogP contribution in [0, 0.1) is 17.8 Å². The molecule has 5 atom stereocenters. The van der Waals surface area contributed by atoms with Crippen LogP contribution in [0.25, 0.3) is 0 Å². The van der Waals surface area contributed by atoms with Crippen molar-refractivity contribution in [3.63, 3.8) is 0 Å². The van der Waals surface area contributed by atoms with E-state index in [4.69, 9.17) is 18.3 Å². The van der Waals surface area contributed by atoms with Gasteiger partial charge in [-0.25, -0.2) is 0 Å². The fourth-order valence-corrected chi connectivity index (χ4v) is 10.5. The summed E-state index contributed by atoms with van der Waals surface area (Å²) in [6, 6.07) is 0. The molecule has 0 bridgehead atoms. The summed E-state index contributed by atoms with van der Waals surface area (Å²) in [5.74, 6) is 2.17. The molecule has 1 heterocycles. The standard InChI is InChI=1S/C35H76O4Si3/c1-12-22-33(28-39-42(9,10)11)35(40(3,4)5)25-20-18-16-14-13-15-17-19-23-31(2)32(27-38-41(6,7)8)24-21-26-36-29-34-30-37-34/h31-35H,12-30H2,1-11H3. The SMILES string of the molecule is CCCC(CO[Si](C)(C)C)C(CCCCCCCCCCC(C)C(CCCOCC1CO1)CO[Si](C)(C)C)[Si](C)(C)C. The Bertz CT molecular complexity index is 652. The predicted molar refractivity (Wildman–Crippen MR) is 193 cm³/mol. The molecule has 252 valence electrons. The maximum Gasteiger partial charge on any atom is 0.183 e. The van der Waals surface area contributed by atoms with Crippen LogP contribution in [0.5, 0.6) is 0 Å². The summed E-state index contributed by atoms with van der Waals surface area (Å²) in [6.07, 6.45) is 19.4. The molecule has 1 aliphatic heterocycles. The van der Waals surface area contributed by atoms with Gasteiger partial charge in [0.25, 0.3) is 0 Å². The molecule has 0 saturated carbocycles. The van der Waals surface area contributed by atoms with Gasteiger partial charge in [0.2, 0.25) is 0 Å². The van der Waals surface area contributed by atoms with Crippen LogP contribution in [0.3, 0.4) is 0 Å². The third-order valence-corrected chi connectivity index (χ3v) is 14.2. The van der Waals surface area contributed by atoms with Gasteiger partial charge in [-0.1, -0.05) is 104 Å². The molecule has 0 aliphatic carbocycles. The Morgan fingerprint density at radius 1 is 0.643 bits per heavy atom. The van der Waals surface area contributed by atoms with Crippen molar-refractivity contribution < 1.29 is 18.3 Å². The van der Waals surface area contributed by atoms with Gasteiger partial charge in [0, 0.05) is 27.9 Å². The van der Waals surface area contributed by atoms with E-state index in [0.717, 1.165) is 56.8 Å². The van der Waals surface area contributed by atoms with Gasteiger partial charge in [-0.3, -0.25) is 0 Å². The van der Waals surface area contributed by atoms with Crippen LogP contribution >= 0.6 is 0 Å². The minimum Gasteiger partial charge on any atom is -0.417 e. The van der Waals surface area contributed by atoms with E-state index < -0.39 is 24.7 Å². The molecule has 0 spiro atoms. The highest BCUT2D eigenvalue weighted by atomic mass is 28.4. The van der Waals surface area contributed by atoms with E-state index in [9.17, 15) is 0 Å².